The van der Waals surface area contributed by atoms with Gasteiger partial charge in [-0.05, 0) is 12.0 Å². The molecule has 20 heavy (non-hydrogen) atoms. The highest BCUT2D eigenvalue weighted by Crippen LogP contribution is 2.02. The van der Waals surface area contributed by atoms with Gasteiger partial charge in [0.2, 0.25) is 5.91 Å². The molecule has 1 aromatic rings. The Balaban J connectivity index is 2.45. The minimum absolute atomic E-state index is 0.0738. The van der Waals surface area contributed by atoms with Gasteiger partial charge in [0.05, 0.1) is 18.7 Å². The molecule has 110 valence electrons. The molecule has 2 atom stereocenters. The first-order valence-electron chi connectivity index (χ1n) is 6.37. The van der Waals surface area contributed by atoms with Gasteiger partial charge in [0.15, 0.2) is 0 Å². The SMILES string of the molecule is CC(=O)OCC(CO)NC(=O)[C@@H](N)Cc1ccccc1. The minimum atomic E-state index is -0.719. The van der Waals surface area contributed by atoms with Crippen LogP contribution in [-0.2, 0) is 20.7 Å². The van der Waals surface area contributed by atoms with E-state index >= 15 is 0 Å². The molecule has 0 aliphatic rings. The molecule has 0 fully saturated rings. The van der Waals surface area contributed by atoms with Crippen LogP contribution < -0.4 is 11.1 Å². The van der Waals surface area contributed by atoms with Crippen LogP contribution >= 0.6 is 0 Å². The van der Waals surface area contributed by atoms with Crippen LogP contribution in [0.15, 0.2) is 30.3 Å². The van der Waals surface area contributed by atoms with E-state index in [1.54, 1.807) is 0 Å². The largest absolute Gasteiger partial charge is 0.464 e. The molecular weight excluding hydrogens is 260 g/mol. The van der Waals surface area contributed by atoms with E-state index in [1.165, 1.54) is 6.92 Å². The lowest BCUT2D eigenvalue weighted by molar-refractivity contribution is -0.142. The molecule has 4 N–H and O–H groups in total. The highest BCUT2D eigenvalue weighted by Gasteiger charge is 2.18. The van der Waals surface area contributed by atoms with Gasteiger partial charge in [-0.1, -0.05) is 30.3 Å². The number of ether oxygens (including phenoxy) is 1. The van der Waals surface area contributed by atoms with Crippen molar-refractivity contribution in [3.05, 3.63) is 35.9 Å². The summed E-state index contributed by atoms with van der Waals surface area (Å²) in [4.78, 5) is 22.6. The third kappa shape index (κ3) is 5.81. The lowest BCUT2D eigenvalue weighted by Gasteiger charge is -2.19. The average molecular weight is 280 g/mol. The van der Waals surface area contributed by atoms with E-state index in [0.717, 1.165) is 5.56 Å². The zero-order chi connectivity index (χ0) is 15.0. The Kier molecular flexibility index (Phi) is 6.69. The number of aliphatic hydroxyl groups excluding tert-OH is 1. The summed E-state index contributed by atoms with van der Waals surface area (Å²) >= 11 is 0. The molecule has 0 saturated carbocycles. The predicted octanol–water partition coefficient (Wildman–Crippen LogP) is -0.403. The van der Waals surface area contributed by atoms with Crippen molar-refractivity contribution in [2.45, 2.75) is 25.4 Å². The Labute approximate surface area is 117 Å². The molecule has 6 heteroatoms. The minimum Gasteiger partial charge on any atom is -0.464 e. The smallest absolute Gasteiger partial charge is 0.302 e. The van der Waals surface area contributed by atoms with Gasteiger partial charge in [-0.3, -0.25) is 9.59 Å². The van der Waals surface area contributed by atoms with E-state index in [2.05, 4.69) is 5.32 Å². The number of hydrogen-bond donors (Lipinski definition) is 3. The van der Waals surface area contributed by atoms with Crippen LogP contribution in [0.3, 0.4) is 0 Å². The summed E-state index contributed by atoms with van der Waals surface area (Å²) < 4.78 is 4.74. The molecule has 0 aliphatic heterocycles. The second-order valence-electron chi connectivity index (χ2n) is 4.49. The Hall–Kier alpha value is -1.92. The van der Waals surface area contributed by atoms with Crippen LogP contribution in [-0.4, -0.2) is 42.3 Å². The number of esters is 1. The molecular formula is C14H20N2O4. The van der Waals surface area contributed by atoms with Gasteiger partial charge in [0, 0.05) is 6.92 Å². The second kappa shape index (κ2) is 8.29. The molecule has 1 amide bonds. The number of nitrogens with one attached hydrogen (secondary N) is 1. The maximum Gasteiger partial charge on any atom is 0.302 e. The van der Waals surface area contributed by atoms with Crippen LogP contribution in [0.4, 0.5) is 0 Å². The van der Waals surface area contributed by atoms with E-state index in [4.69, 9.17) is 15.6 Å². The van der Waals surface area contributed by atoms with Crippen molar-refractivity contribution < 1.29 is 19.4 Å². The fourth-order valence-electron chi connectivity index (χ4n) is 1.63. The Bertz CT molecular complexity index is 436. The van der Waals surface area contributed by atoms with Crippen molar-refractivity contribution in [1.29, 1.82) is 0 Å². The number of amides is 1. The topological polar surface area (TPSA) is 102 Å². The van der Waals surface area contributed by atoms with Crippen LogP contribution in [0, 0.1) is 0 Å². The van der Waals surface area contributed by atoms with Crippen LogP contribution in [0.5, 0.6) is 0 Å². The normalized spacial score (nSPS) is 13.3. The van der Waals surface area contributed by atoms with E-state index in [-0.39, 0.29) is 19.1 Å². The summed E-state index contributed by atoms with van der Waals surface area (Å²) in [6.45, 7) is 0.865. The molecule has 0 aliphatic carbocycles. The molecule has 0 radical (unpaired) electrons. The monoisotopic (exact) mass is 280 g/mol. The number of carbonyl (C=O) groups excluding carboxylic acids is 2. The van der Waals surface area contributed by atoms with E-state index < -0.39 is 18.1 Å². The fourth-order valence-corrected chi connectivity index (χ4v) is 1.63. The van der Waals surface area contributed by atoms with Crippen molar-refractivity contribution in [2.75, 3.05) is 13.2 Å². The number of benzene rings is 1. The highest BCUT2D eigenvalue weighted by atomic mass is 16.5. The van der Waals surface area contributed by atoms with Gasteiger partial charge in [0.25, 0.3) is 0 Å². The number of rotatable bonds is 7. The highest BCUT2D eigenvalue weighted by molar-refractivity contribution is 5.82. The summed E-state index contributed by atoms with van der Waals surface area (Å²) in [7, 11) is 0. The van der Waals surface area contributed by atoms with Crippen molar-refractivity contribution >= 4 is 11.9 Å². The van der Waals surface area contributed by atoms with E-state index in [0.29, 0.717) is 6.42 Å². The third-order valence-corrected chi connectivity index (χ3v) is 2.69. The fraction of sp³-hybridized carbons (Fsp3) is 0.429. The summed E-state index contributed by atoms with van der Waals surface area (Å²) in [5.74, 6) is -0.855. The van der Waals surface area contributed by atoms with Crippen molar-refractivity contribution in [3.8, 4) is 0 Å². The summed E-state index contributed by atoms with van der Waals surface area (Å²) in [5.41, 5.74) is 6.76. The first-order valence-corrected chi connectivity index (χ1v) is 6.37. The Morgan fingerprint density at radius 3 is 2.55 bits per heavy atom. The van der Waals surface area contributed by atoms with Crippen molar-refractivity contribution in [2.24, 2.45) is 5.73 Å². The molecule has 1 unspecified atom stereocenters. The number of aliphatic hydroxyl groups is 1. The maximum atomic E-state index is 11.9. The summed E-state index contributed by atoms with van der Waals surface area (Å²) in [6.07, 6.45) is 0.401. The van der Waals surface area contributed by atoms with Crippen LogP contribution in [0.1, 0.15) is 12.5 Å². The second-order valence-corrected chi connectivity index (χ2v) is 4.49. The van der Waals surface area contributed by atoms with Gasteiger partial charge in [-0.15, -0.1) is 0 Å². The number of nitrogens with two attached hydrogens (primary N) is 1. The maximum absolute atomic E-state index is 11.9. The molecule has 1 rings (SSSR count). The first-order chi connectivity index (χ1) is 9.52. The quantitative estimate of drug-likeness (QED) is 0.590. The standard InChI is InChI=1S/C14H20N2O4/c1-10(18)20-9-12(8-17)16-14(19)13(15)7-11-5-3-2-4-6-11/h2-6,12-13,17H,7-9,15H2,1H3,(H,16,19)/t12?,13-/m0/s1. The van der Waals surface area contributed by atoms with E-state index in [9.17, 15) is 9.59 Å². The molecule has 1 aromatic carbocycles. The van der Waals surface area contributed by atoms with Crippen molar-refractivity contribution in [1.82, 2.24) is 5.32 Å². The molecule has 0 heterocycles. The molecule has 0 aromatic heterocycles. The van der Waals surface area contributed by atoms with Gasteiger partial charge in [0.1, 0.15) is 6.61 Å². The van der Waals surface area contributed by atoms with Gasteiger partial charge < -0.3 is 20.9 Å². The van der Waals surface area contributed by atoms with Crippen molar-refractivity contribution in [3.63, 3.8) is 0 Å². The Morgan fingerprint density at radius 1 is 1.35 bits per heavy atom. The van der Waals surface area contributed by atoms with Gasteiger partial charge in [-0.25, -0.2) is 0 Å². The zero-order valence-electron chi connectivity index (χ0n) is 11.4. The lowest BCUT2D eigenvalue weighted by atomic mass is 10.1. The lowest BCUT2D eigenvalue weighted by Crippen LogP contribution is -2.49. The van der Waals surface area contributed by atoms with E-state index in [1.807, 2.05) is 30.3 Å². The number of hydrogen-bond acceptors (Lipinski definition) is 5. The molecule has 0 spiro atoms. The number of carbonyl (C=O) groups is 2. The third-order valence-electron chi connectivity index (χ3n) is 2.69. The summed E-state index contributed by atoms with van der Waals surface area (Å²) in [5, 5.41) is 11.7. The average Bonchev–Trinajstić information content (AvgIpc) is 2.44. The van der Waals surface area contributed by atoms with Crippen LogP contribution in [0.2, 0.25) is 0 Å². The first kappa shape index (κ1) is 16.1. The molecule has 6 nitrogen and oxygen atoms in total. The Morgan fingerprint density at radius 2 is 2.00 bits per heavy atom. The molecule has 0 saturated heterocycles. The van der Waals surface area contributed by atoms with Gasteiger partial charge in [-0.2, -0.15) is 0 Å². The van der Waals surface area contributed by atoms with Gasteiger partial charge >= 0.3 is 5.97 Å². The summed E-state index contributed by atoms with van der Waals surface area (Å²) in [6, 6.07) is 8.03. The predicted molar refractivity (Wildman–Crippen MR) is 73.8 cm³/mol. The van der Waals surface area contributed by atoms with Crippen LogP contribution in [0.25, 0.3) is 0 Å². The molecule has 0 bridgehead atoms. The zero-order valence-corrected chi connectivity index (χ0v) is 11.4.